The van der Waals surface area contributed by atoms with Crippen LogP contribution in [0.5, 0.6) is 0 Å². The topological polar surface area (TPSA) is 12.9 Å². The second kappa shape index (κ2) is 3.49. The Morgan fingerprint density at radius 2 is 2.38 bits per heavy atom. The first-order valence-electron chi connectivity index (χ1n) is 5.03. The van der Waals surface area contributed by atoms with Crippen molar-refractivity contribution in [3.63, 3.8) is 0 Å². The Morgan fingerprint density at radius 3 is 3.00 bits per heavy atom. The Labute approximate surface area is 80.2 Å². The molecule has 1 nitrogen and oxygen atoms in total. The molecule has 1 heterocycles. The monoisotopic (exact) mass is 174 g/mol. The van der Waals surface area contributed by atoms with Gasteiger partial charge in [-0.1, -0.05) is 25.8 Å². The first kappa shape index (κ1) is 8.74. The minimum atomic E-state index is 0.354. The van der Waals surface area contributed by atoms with E-state index in [1.165, 1.54) is 31.2 Å². The Bertz CT molecular complexity index is 260. The van der Waals surface area contributed by atoms with Gasteiger partial charge in [0.25, 0.3) is 0 Å². The molecule has 1 unspecified atom stereocenters. The molecule has 0 aromatic carbocycles. The fourth-order valence-corrected chi connectivity index (χ4v) is 2.14. The highest BCUT2D eigenvalue weighted by molar-refractivity contribution is 5.22. The molecule has 1 aromatic rings. The molecule has 1 saturated carbocycles. The largest absolute Gasteiger partial charge is 0.264 e. The predicted octanol–water partition coefficient (Wildman–Crippen LogP) is 3.12. The van der Waals surface area contributed by atoms with E-state index in [2.05, 4.69) is 24.4 Å². The quantitative estimate of drug-likeness (QED) is 0.637. The molecule has 0 spiro atoms. The average molecular weight is 174 g/mol. The van der Waals surface area contributed by atoms with E-state index < -0.39 is 0 Å². The van der Waals surface area contributed by atoms with Crippen LogP contribution >= 0.6 is 0 Å². The lowest BCUT2D eigenvalue weighted by molar-refractivity contribution is 0.369. The van der Waals surface area contributed by atoms with Crippen LogP contribution in [-0.4, -0.2) is 4.98 Å². The maximum absolute atomic E-state index is 4.19. The van der Waals surface area contributed by atoms with Gasteiger partial charge in [0.2, 0.25) is 0 Å². The van der Waals surface area contributed by atoms with E-state index in [0.29, 0.717) is 5.41 Å². The first-order valence-corrected chi connectivity index (χ1v) is 5.03. The van der Waals surface area contributed by atoms with Crippen LogP contribution in [-0.2, 0) is 5.41 Å². The van der Waals surface area contributed by atoms with Crippen LogP contribution < -0.4 is 0 Å². The van der Waals surface area contributed by atoms with Gasteiger partial charge in [-0.05, 0) is 36.3 Å². The fraction of sp³-hybridized carbons (Fsp3) is 0.500. The minimum absolute atomic E-state index is 0.354. The molecule has 0 aliphatic heterocycles. The molecule has 1 radical (unpaired) electrons. The van der Waals surface area contributed by atoms with Crippen molar-refractivity contribution in [3.05, 3.63) is 36.5 Å². The molecule has 0 amide bonds. The molecule has 1 aromatic heterocycles. The number of nitrogens with zero attached hydrogens (tertiary/aromatic N) is 1. The summed E-state index contributed by atoms with van der Waals surface area (Å²) in [5, 5.41) is 0. The lowest BCUT2D eigenvalue weighted by Crippen LogP contribution is -2.25. The highest BCUT2D eigenvalue weighted by Crippen LogP contribution is 2.37. The van der Waals surface area contributed by atoms with E-state index in [9.17, 15) is 0 Å². The summed E-state index contributed by atoms with van der Waals surface area (Å²) in [7, 11) is 0. The highest BCUT2D eigenvalue weighted by atomic mass is 14.6. The third-order valence-electron chi connectivity index (χ3n) is 3.09. The van der Waals surface area contributed by atoms with Crippen molar-refractivity contribution in [3.8, 4) is 0 Å². The average Bonchev–Trinajstić information content (AvgIpc) is 2.20. The van der Waals surface area contributed by atoms with Gasteiger partial charge < -0.3 is 0 Å². The summed E-state index contributed by atoms with van der Waals surface area (Å²) in [5.74, 6) is 0. The Morgan fingerprint density at radius 1 is 1.46 bits per heavy atom. The van der Waals surface area contributed by atoms with Gasteiger partial charge in [0.05, 0.1) is 0 Å². The van der Waals surface area contributed by atoms with E-state index in [1.54, 1.807) is 0 Å². The molecular weight excluding hydrogens is 158 g/mol. The molecule has 13 heavy (non-hydrogen) atoms. The van der Waals surface area contributed by atoms with Crippen molar-refractivity contribution in [1.29, 1.82) is 0 Å². The van der Waals surface area contributed by atoms with Gasteiger partial charge in [0, 0.05) is 12.4 Å². The Balaban J connectivity index is 2.23. The second-order valence-electron chi connectivity index (χ2n) is 4.19. The van der Waals surface area contributed by atoms with Crippen LogP contribution in [0.2, 0.25) is 0 Å². The molecule has 0 N–H and O–H groups in total. The van der Waals surface area contributed by atoms with Crippen molar-refractivity contribution >= 4 is 0 Å². The van der Waals surface area contributed by atoms with Crippen molar-refractivity contribution in [2.45, 2.75) is 38.0 Å². The first-order chi connectivity index (χ1) is 6.31. The zero-order valence-electron chi connectivity index (χ0n) is 8.16. The second-order valence-corrected chi connectivity index (χ2v) is 4.19. The summed E-state index contributed by atoms with van der Waals surface area (Å²) in [6.07, 6.45) is 11.4. The van der Waals surface area contributed by atoms with Gasteiger partial charge in [-0.2, -0.15) is 0 Å². The zero-order valence-corrected chi connectivity index (χ0v) is 8.16. The van der Waals surface area contributed by atoms with Crippen LogP contribution in [0.4, 0.5) is 0 Å². The van der Waals surface area contributed by atoms with Gasteiger partial charge >= 0.3 is 0 Å². The molecular formula is C12H16N. The fourth-order valence-electron chi connectivity index (χ4n) is 2.14. The zero-order chi connectivity index (χ0) is 9.15. The van der Waals surface area contributed by atoms with Crippen molar-refractivity contribution in [2.24, 2.45) is 0 Å². The normalized spacial score (nSPS) is 21.3. The Hall–Kier alpha value is -0.850. The van der Waals surface area contributed by atoms with E-state index in [1.807, 2.05) is 18.5 Å². The van der Waals surface area contributed by atoms with Crippen LogP contribution in [0, 0.1) is 6.42 Å². The van der Waals surface area contributed by atoms with Gasteiger partial charge in [0.15, 0.2) is 0 Å². The van der Waals surface area contributed by atoms with Gasteiger partial charge in [-0.15, -0.1) is 0 Å². The maximum Gasteiger partial charge on any atom is 0.0305 e. The molecule has 1 atom stereocenters. The van der Waals surface area contributed by atoms with E-state index >= 15 is 0 Å². The van der Waals surface area contributed by atoms with Crippen LogP contribution in [0.1, 0.15) is 38.2 Å². The number of pyridine rings is 1. The van der Waals surface area contributed by atoms with Gasteiger partial charge in [0.1, 0.15) is 0 Å². The summed E-state index contributed by atoms with van der Waals surface area (Å²) in [6.45, 7) is 2.35. The molecule has 1 fully saturated rings. The third kappa shape index (κ3) is 1.74. The summed E-state index contributed by atoms with van der Waals surface area (Å²) < 4.78 is 0. The number of rotatable bonds is 1. The van der Waals surface area contributed by atoms with Crippen molar-refractivity contribution < 1.29 is 0 Å². The van der Waals surface area contributed by atoms with Crippen molar-refractivity contribution in [2.75, 3.05) is 0 Å². The van der Waals surface area contributed by atoms with E-state index in [-0.39, 0.29) is 0 Å². The molecule has 1 heteroatoms. The van der Waals surface area contributed by atoms with Crippen molar-refractivity contribution in [1.82, 2.24) is 4.98 Å². The number of hydrogen-bond acceptors (Lipinski definition) is 1. The molecule has 1 aliphatic carbocycles. The minimum Gasteiger partial charge on any atom is -0.264 e. The smallest absolute Gasteiger partial charge is 0.0305 e. The van der Waals surface area contributed by atoms with Crippen LogP contribution in [0.3, 0.4) is 0 Å². The lowest BCUT2D eigenvalue weighted by atomic mass is 9.71. The molecule has 0 saturated heterocycles. The Kier molecular flexibility index (Phi) is 2.34. The summed E-state index contributed by atoms with van der Waals surface area (Å²) >= 11 is 0. The summed E-state index contributed by atoms with van der Waals surface area (Å²) in [5.41, 5.74) is 1.75. The van der Waals surface area contributed by atoms with Gasteiger partial charge in [-0.25, -0.2) is 0 Å². The number of hydrogen-bond donors (Lipinski definition) is 0. The van der Waals surface area contributed by atoms with E-state index in [0.717, 1.165) is 0 Å². The standard InChI is InChI=1S/C12H16N/c1-12(7-3-2-4-8-12)11-6-5-9-13-10-11/h3,5-6,9-10H,2,4,7-8H2,1H3. The lowest BCUT2D eigenvalue weighted by Gasteiger charge is -2.33. The molecule has 1 aliphatic rings. The molecule has 2 rings (SSSR count). The predicted molar refractivity (Wildman–Crippen MR) is 54.4 cm³/mol. The van der Waals surface area contributed by atoms with E-state index in [4.69, 9.17) is 0 Å². The molecule has 69 valence electrons. The van der Waals surface area contributed by atoms with Crippen LogP contribution in [0.15, 0.2) is 24.5 Å². The summed E-state index contributed by atoms with van der Waals surface area (Å²) in [4.78, 5) is 4.19. The summed E-state index contributed by atoms with van der Waals surface area (Å²) in [6, 6.07) is 4.24. The van der Waals surface area contributed by atoms with Crippen LogP contribution in [0.25, 0.3) is 0 Å². The van der Waals surface area contributed by atoms with Gasteiger partial charge in [-0.3, -0.25) is 4.98 Å². The maximum atomic E-state index is 4.19. The number of aromatic nitrogens is 1. The molecule has 0 bridgehead atoms. The SMILES string of the molecule is CC1(c2cccnc2)C[CH]CCC1. The highest BCUT2D eigenvalue weighted by Gasteiger charge is 2.28. The third-order valence-corrected chi connectivity index (χ3v) is 3.09.